The molecule has 142 valence electrons. The first kappa shape index (κ1) is 15.8. The van der Waals surface area contributed by atoms with Gasteiger partial charge in [-0.25, -0.2) is 0 Å². The zero-order chi connectivity index (χ0) is 19.7. The maximum absolute atomic E-state index is 5.98. The van der Waals surface area contributed by atoms with Crippen molar-refractivity contribution in [3.63, 3.8) is 0 Å². The lowest BCUT2D eigenvalue weighted by molar-refractivity contribution is 0.265. The molecule has 0 spiro atoms. The second-order valence-corrected chi connectivity index (χ2v) is 7.66. The summed E-state index contributed by atoms with van der Waals surface area (Å²) in [6, 6.07) is 29.9. The van der Waals surface area contributed by atoms with Gasteiger partial charge in [0.25, 0.3) is 0 Å². The maximum Gasteiger partial charge on any atom is 0.302 e. The van der Waals surface area contributed by atoms with Gasteiger partial charge in [-0.3, -0.25) is 4.57 Å². The first-order chi connectivity index (χ1) is 14.8. The number of imidazole rings is 1. The lowest BCUT2D eigenvalue weighted by atomic mass is 10.0. The maximum atomic E-state index is 5.98. The number of fused-ring (bicyclic) bond motifs is 8. The van der Waals surface area contributed by atoms with Gasteiger partial charge in [0.05, 0.1) is 16.7 Å². The minimum Gasteiger partial charge on any atom is -0.459 e. The number of ether oxygens (including phenoxy) is 1. The zero-order valence-electron chi connectivity index (χ0n) is 16.0. The van der Waals surface area contributed by atoms with Crippen LogP contribution in [0.15, 0.2) is 89.3 Å². The van der Waals surface area contributed by atoms with Crippen LogP contribution in [0.4, 0.5) is 0 Å². The molecule has 4 heteroatoms. The molecule has 0 atom stereocenters. The second-order valence-electron chi connectivity index (χ2n) is 7.66. The first-order valence-corrected chi connectivity index (χ1v) is 10.0. The lowest BCUT2D eigenvalue weighted by Gasteiger charge is -2.19. The van der Waals surface area contributed by atoms with E-state index in [-0.39, 0.29) is 0 Å². The molecule has 0 saturated carbocycles. The quantitative estimate of drug-likeness (QED) is 0.323. The summed E-state index contributed by atoms with van der Waals surface area (Å²) >= 11 is 0. The van der Waals surface area contributed by atoms with Crippen molar-refractivity contribution in [2.75, 3.05) is 0 Å². The molecule has 0 radical (unpaired) electrons. The van der Waals surface area contributed by atoms with Crippen LogP contribution in [0, 0.1) is 0 Å². The van der Waals surface area contributed by atoms with Crippen LogP contribution in [-0.4, -0.2) is 9.55 Å². The molecule has 3 heterocycles. The highest BCUT2D eigenvalue weighted by Crippen LogP contribution is 2.36. The van der Waals surface area contributed by atoms with Gasteiger partial charge in [-0.05, 0) is 47.5 Å². The predicted octanol–water partition coefficient (Wildman–Crippen LogP) is 6.48. The van der Waals surface area contributed by atoms with Crippen LogP contribution in [0.5, 0.6) is 6.01 Å². The summed E-state index contributed by atoms with van der Waals surface area (Å²) in [5.41, 5.74) is 8.39. The van der Waals surface area contributed by atoms with E-state index in [1.165, 1.54) is 5.56 Å². The molecule has 0 saturated heterocycles. The average molecular weight is 388 g/mol. The molecule has 4 aromatic carbocycles. The molecule has 0 aliphatic carbocycles. The number of furan rings is 1. The van der Waals surface area contributed by atoms with Crippen molar-refractivity contribution >= 4 is 33.0 Å². The molecule has 0 N–H and O–H groups in total. The third-order valence-electron chi connectivity index (χ3n) is 5.92. The van der Waals surface area contributed by atoms with Crippen LogP contribution in [-0.2, 0) is 6.61 Å². The molecule has 0 bridgehead atoms. The van der Waals surface area contributed by atoms with E-state index < -0.39 is 0 Å². The van der Waals surface area contributed by atoms with Crippen molar-refractivity contribution in [1.82, 2.24) is 9.55 Å². The monoisotopic (exact) mass is 388 g/mol. The van der Waals surface area contributed by atoms with Crippen molar-refractivity contribution in [1.29, 1.82) is 0 Å². The Balaban J connectivity index is 1.46. The predicted molar refractivity (Wildman–Crippen MR) is 118 cm³/mol. The summed E-state index contributed by atoms with van der Waals surface area (Å²) in [6.07, 6.45) is 0. The van der Waals surface area contributed by atoms with Crippen LogP contribution in [0.1, 0.15) is 5.56 Å². The highest BCUT2D eigenvalue weighted by molar-refractivity contribution is 6.06. The topological polar surface area (TPSA) is 40.2 Å². The summed E-state index contributed by atoms with van der Waals surface area (Å²) in [5.74, 6) is 0. The average Bonchev–Trinajstić information content (AvgIpc) is 3.36. The van der Waals surface area contributed by atoms with Crippen molar-refractivity contribution in [3.8, 4) is 22.8 Å². The van der Waals surface area contributed by atoms with E-state index in [4.69, 9.17) is 14.1 Å². The Bertz CT molecular complexity index is 1610. The van der Waals surface area contributed by atoms with E-state index in [0.717, 1.165) is 49.8 Å². The van der Waals surface area contributed by atoms with Crippen LogP contribution in [0.3, 0.4) is 0 Å². The molecule has 0 unspecified atom stereocenters. The number of para-hydroxylation sites is 2. The Kier molecular flexibility index (Phi) is 3.03. The Morgan fingerprint density at radius 2 is 1.53 bits per heavy atom. The molecule has 0 amide bonds. The Morgan fingerprint density at radius 1 is 0.733 bits per heavy atom. The van der Waals surface area contributed by atoms with Gasteiger partial charge in [0, 0.05) is 16.3 Å². The summed E-state index contributed by atoms with van der Waals surface area (Å²) in [5, 5.41) is 2.27. The second kappa shape index (κ2) is 5.74. The molecule has 1 aliphatic heterocycles. The number of rotatable bonds is 1. The molecule has 7 rings (SSSR count). The molecule has 6 aromatic rings. The summed E-state index contributed by atoms with van der Waals surface area (Å²) in [4.78, 5) is 4.70. The highest BCUT2D eigenvalue weighted by Gasteiger charge is 2.21. The minimum absolute atomic E-state index is 0.552. The third-order valence-corrected chi connectivity index (χ3v) is 5.92. The number of hydrogen-bond acceptors (Lipinski definition) is 3. The largest absolute Gasteiger partial charge is 0.459 e. The lowest BCUT2D eigenvalue weighted by Crippen LogP contribution is -2.11. The number of aromatic nitrogens is 2. The fourth-order valence-corrected chi connectivity index (χ4v) is 4.46. The van der Waals surface area contributed by atoms with Crippen LogP contribution in [0.25, 0.3) is 49.8 Å². The highest BCUT2D eigenvalue weighted by atomic mass is 16.5. The van der Waals surface area contributed by atoms with Crippen molar-refractivity contribution in [3.05, 3.63) is 90.5 Å². The van der Waals surface area contributed by atoms with Gasteiger partial charge in [0.2, 0.25) is 0 Å². The number of hydrogen-bond donors (Lipinski definition) is 0. The van der Waals surface area contributed by atoms with Crippen molar-refractivity contribution in [2.24, 2.45) is 0 Å². The van der Waals surface area contributed by atoms with Crippen molar-refractivity contribution in [2.45, 2.75) is 6.61 Å². The molecule has 2 aromatic heterocycles. The van der Waals surface area contributed by atoms with Gasteiger partial charge in [0.1, 0.15) is 17.8 Å². The SMILES string of the molecule is c1ccc2c(c1)COc1nc3ccc(-c4ccc5oc6ccccc6c5c4)cc3n1-2. The third kappa shape index (κ3) is 2.13. The molecular weight excluding hydrogens is 372 g/mol. The van der Waals surface area contributed by atoms with Gasteiger partial charge in [-0.1, -0.05) is 48.5 Å². The van der Waals surface area contributed by atoms with Gasteiger partial charge in [-0.15, -0.1) is 0 Å². The first-order valence-electron chi connectivity index (χ1n) is 10.0. The number of benzene rings is 4. The van der Waals surface area contributed by atoms with E-state index >= 15 is 0 Å². The van der Waals surface area contributed by atoms with Gasteiger partial charge in [-0.2, -0.15) is 4.98 Å². The van der Waals surface area contributed by atoms with Crippen molar-refractivity contribution < 1.29 is 9.15 Å². The smallest absolute Gasteiger partial charge is 0.302 e. The molecular formula is C26H16N2O2. The van der Waals surface area contributed by atoms with Gasteiger partial charge in [0.15, 0.2) is 0 Å². The molecule has 1 aliphatic rings. The summed E-state index contributed by atoms with van der Waals surface area (Å²) in [6.45, 7) is 0.552. The fraction of sp³-hybridized carbons (Fsp3) is 0.0385. The Labute approximate surface area is 171 Å². The summed E-state index contributed by atoms with van der Waals surface area (Å²) < 4.78 is 14.0. The van der Waals surface area contributed by atoms with Gasteiger partial charge >= 0.3 is 6.01 Å². The standard InChI is InChI=1S/C26H16N2O2/c1-3-7-22-18(5-1)15-29-26-27-21-11-9-17(14-23(21)28(22)26)16-10-12-25-20(13-16)19-6-2-4-8-24(19)30-25/h1-14H,15H2. The van der Waals surface area contributed by atoms with E-state index in [0.29, 0.717) is 12.6 Å². The normalized spacial score (nSPS) is 12.8. The van der Waals surface area contributed by atoms with E-state index in [2.05, 4.69) is 65.2 Å². The molecule has 30 heavy (non-hydrogen) atoms. The Hall–Kier alpha value is -4.05. The molecule has 4 nitrogen and oxygen atoms in total. The Morgan fingerprint density at radius 3 is 2.53 bits per heavy atom. The zero-order valence-corrected chi connectivity index (χ0v) is 16.0. The van der Waals surface area contributed by atoms with Gasteiger partial charge < -0.3 is 9.15 Å². The fourth-order valence-electron chi connectivity index (χ4n) is 4.46. The molecule has 0 fully saturated rings. The van der Waals surface area contributed by atoms with E-state index in [9.17, 15) is 0 Å². The van der Waals surface area contributed by atoms with Crippen LogP contribution >= 0.6 is 0 Å². The van der Waals surface area contributed by atoms with Crippen LogP contribution < -0.4 is 4.74 Å². The van der Waals surface area contributed by atoms with E-state index in [1.54, 1.807) is 0 Å². The van der Waals surface area contributed by atoms with E-state index in [1.807, 2.05) is 24.3 Å². The number of nitrogens with zero attached hydrogens (tertiary/aromatic N) is 2. The minimum atomic E-state index is 0.552. The van der Waals surface area contributed by atoms with Crippen LogP contribution in [0.2, 0.25) is 0 Å². The summed E-state index contributed by atoms with van der Waals surface area (Å²) in [7, 11) is 0.